The number of hydrogen-bond acceptors (Lipinski definition) is 9. The van der Waals surface area contributed by atoms with E-state index in [2.05, 4.69) is 20.7 Å². The van der Waals surface area contributed by atoms with Gasteiger partial charge in [-0.2, -0.15) is 5.10 Å². The third-order valence-corrected chi connectivity index (χ3v) is 8.64. The van der Waals surface area contributed by atoms with Gasteiger partial charge < -0.3 is 25.0 Å². The number of carbonyl (C=O) groups is 1. The number of allylic oxidation sites excluding steroid dienone is 2. The van der Waals surface area contributed by atoms with E-state index >= 15 is 8.78 Å². The van der Waals surface area contributed by atoms with Crippen molar-refractivity contribution in [3.63, 3.8) is 0 Å². The van der Waals surface area contributed by atoms with Crippen LogP contribution in [-0.4, -0.2) is 75.1 Å². The van der Waals surface area contributed by atoms with Crippen molar-refractivity contribution in [1.82, 2.24) is 35.1 Å². The van der Waals surface area contributed by atoms with Gasteiger partial charge in [0.15, 0.2) is 12.4 Å². The van der Waals surface area contributed by atoms with Gasteiger partial charge in [-0.1, -0.05) is 11.3 Å². The molecule has 0 bridgehead atoms. The van der Waals surface area contributed by atoms with E-state index in [9.17, 15) is 4.79 Å². The number of pyridine rings is 1. The number of hydrogen-bond donors (Lipinski definition) is 2. The van der Waals surface area contributed by atoms with Gasteiger partial charge in [-0.3, -0.25) is 9.78 Å². The highest BCUT2D eigenvalue weighted by atomic mass is 32.1. The van der Waals surface area contributed by atoms with Crippen molar-refractivity contribution >= 4 is 22.2 Å². The second-order valence-corrected chi connectivity index (χ2v) is 11.7. The highest BCUT2D eigenvalue weighted by Gasteiger charge is 2.47. The van der Waals surface area contributed by atoms with Crippen molar-refractivity contribution in [3.05, 3.63) is 69.8 Å². The Morgan fingerprint density at radius 1 is 1.38 bits per heavy atom. The van der Waals surface area contributed by atoms with Crippen molar-refractivity contribution in [2.24, 2.45) is 0 Å². The smallest absolute Gasteiger partial charge is 0.265 e. The van der Waals surface area contributed by atoms with E-state index < -0.39 is 36.3 Å². The predicted molar refractivity (Wildman–Crippen MR) is 142 cm³/mol. The molecule has 3 unspecified atom stereocenters. The van der Waals surface area contributed by atoms with Crippen LogP contribution in [0.4, 0.5) is 8.78 Å². The number of morpholine rings is 1. The fourth-order valence-electron chi connectivity index (χ4n) is 5.66. The van der Waals surface area contributed by atoms with Gasteiger partial charge in [-0.05, 0) is 55.7 Å². The molecule has 3 aliphatic heterocycles. The van der Waals surface area contributed by atoms with Crippen molar-refractivity contribution < 1.29 is 23.0 Å². The number of aromatic nitrogens is 4. The minimum atomic E-state index is -2.14. The van der Waals surface area contributed by atoms with E-state index in [1.54, 1.807) is 21.7 Å². The average Bonchev–Trinajstić information content (AvgIpc) is 3.67. The van der Waals surface area contributed by atoms with Crippen LogP contribution in [0, 0.1) is 12.7 Å². The lowest BCUT2D eigenvalue weighted by molar-refractivity contribution is -0.140. The molecule has 0 spiro atoms. The van der Waals surface area contributed by atoms with Crippen LogP contribution in [0.25, 0.3) is 4.96 Å². The van der Waals surface area contributed by atoms with Crippen LogP contribution in [-0.2, 0) is 20.7 Å². The van der Waals surface area contributed by atoms with Gasteiger partial charge >= 0.3 is 0 Å². The summed E-state index contributed by atoms with van der Waals surface area (Å²) < 4.78 is 45.0. The van der Waals surface area contributed by atoms with E-state index in [1.165, 1.54) is 29.7 Å². The Labute approximate surface area is 233 Å². The molecule has 3 atom stereocenters. The largest absolute Gasteiger partial charge is 0.483 e. The molecule has 1 saturated heterocycles. The fourth-order valence-corrected chi connectivity index (χ4v) is 6.43. The maximum absolute atomic E-state index is 16.1. The number of amides is 1. The second-order valence-electron chi connectivity index (χ2n) is 10.5. The number of nitrogens with one attached hydrogen (secondary N) is 2. The molecule has 7 rings (SSSR count). The quantitative estimate of drug-likeness (QED) is 0.437. The van der Waals surface area contributed by atoms with E-state index in [0.29, 0.717) is 36.1 Å². The number of ether oxygens (including phenoxy) is 2. The predicted octanol–water partition coefficient (Wildman–Crippen LogP) is 2.66. The zero-order valence-electron chi connectivity index (χ0n) is 21.9. The standard InChI is InChI=1S/C27H29F2N7O3S/c1-15-34-36-24-19(33-26(36)40-15)6-9-35(25(24)23-18(28)11-17(12-31-23)16-4-5-16)22(37)14-39-20-3-2-7-32-27(20,29)21-13-30-8-10-38-21/h2-3,7,11-12,16,21,25,30,32H,4-6,8-10,13-14H2,1H3. The van der Waals surface area contributed by atoms with Gasteiger partial charge in [0.25, 0.3) is 11.7 Å². The topological polar surface area (TPSA) is 106 Å². The number of carbonyl (C=O) groups excluding carboxylic acids is 1. The van der Waals surface area contributed by atoms with E-state index in [0.717, 1.165) is 29.1 Å². The first-order valence-electron chi connectivity index (χ1n) is 13.5. The molecule has 13 heteroatoms. The Morgan fingerprint density at radius 3 is 3.02 bits per heavy atom. The Bertz CT molecular complexity index is 1530. The molecule has 4 aliphatic rings. The van der Waals surface area contributed by atoms with Crippen molar-refractivity contribution in [2.75, 3.05) is 32.8 Å². The Balaban J connectivity index is 1.20. The summed E-state index contributed by atoms with van der Waals surface area (Å²) in [4.78, 5) is 25.2. The highest BCUT2D eigenvalue weighted by Crippen LogP contribution is 2.42. The van der Waals surface area contributed by atoms with Gasteiger partial charge in [0.2, 0.25) is 4.96 Å². The number of imidazole rings is 1. The molecule has 10 nitrogen and oxygen atoms in total. The van der Waals surface area contributed by atoms with Crippen LogP contribution in [0.2, 0.25) is 0 Å². The molecule has 2 N–H and O–H groups in total. The minimum absolute atomic E-state index is 0.0498. The molecular formula is C27H29F2N7O3S. The summed E-state index contributed by atoms with van der Waals surface area (Å²) in [5.41, 5.74) is 2.38. The Kier molecular flexibility index (Phi) is 6.32. The molecule has 1 saturated carbocycles. The molecule has 2 fully saturated rings. The monoisotopic (exact) mass is 569 g/mol. The molecule has 3 aromatic rings. The lowest BCUT2D eigenvalue weighted by Crippen LogP contribution is -2.59. The first kappa shape index (κ1) is 25.5. The van der Waals surface area contributed by atoms with Crippen molar-refractivity contribution in [1.29, 1.82) is 0 Å². The number of nitrogens with zero attached hydrogens (tertiary/aromatic N) is 5. The third kappa shape index (κ3) is 4.36. The molecule has 0 radical (unpaired) electrons. The van der Waals surface area contributed by atoms with Crippen LogP contribution in [0.3, 0.4) is 0 Å². The van der Waals surface area contributed by atoms with Gasteiger partial charge in [0.05, 0.1) is 18.0 Å². The van der Waals surface area contributed by atoms with Crippen LogP contribution in [0.1, 0.15) is 52.5 Å². The molecule has 40 heavy (non-hydrogen) atoms. The SMILES string of the molecule is Cc1nn2c3c(nc2s1)CCN(C(=O)COC1=CC=CNC1(F)C1CNCCO1)C3c1ncc(C2CC2)cc1F. The first-order valence-corrected chi connectivity index (χ1v) is 14.3. The van der Waals surface area contributed by atoms with Gasteiger partial charge in [0.1, 0.15) is 28.7 Å². The summed E-state index contributed by atoms with van der Waals surface area (Å²) >= 11 is 1.43. The van der Waals surface area contributed by atoms with Crippen LogP contribution < -0.4 is 10.6 Å². The number of fused-ring (bicyclic) bond motifs is 3. The van der Waals surface area contributed by atoms with Gasteiger partial charge in [-0.15, -0.1) is 0 Å². The number of aryl methyl sites for hydroxylation is 1. The van der Waals surface area contributed by atoms with Gasteiger partial charge in [0, 0.05) is 32.3 Å². The lowest BCUT2D eigenvalue weighted by Gasteiger charge is -2.39. The molecule has 1 amide bonds. The summed E-state index contributed by atoms with van der Waals surface area (Å²) in [5, 5.41) is 11.2. The summed E-state index contributed by atoms with van der Waals surface area (Å²) in [5.74, 6) is -2.75. The maximum atomic E-state index is 16.1. The van der Waals surface area contributed by atoms with Gasteiger partial charge in [-0.25, -0.2) is 18.3 Å². The van der Waals surface area contributed by atoms with Crippen LogP contribution >= 0.6 is 11.3 Å². The molecule has 1 aliphatic carbocycles. The van der Waals surface area contributed by atoms with Crippen LogP contribution in [0.15, 0.2) is 36.4 Å². The molecule has 0 aromatic carbocycles. The lowest BCUT2D eigenvalue weighted by atomic mass is 9.98. The average molecular weight is 570 g/mol. The normalized spacial score (nSPS) is 26.4. The van der Waals surface area contributed by atoms with E-state index in [1.807, 2.05) is 6.92 Å². The van der Waals surface area contributed by atoms with E-state index in [4.69, 9.17) is 14.5 Å². The van der Waals surface area contributed by atoms with Crippen molar-refractivity contribution in [3.8, 4) is 0 Å². The molecule has 210 valence electrons. The van der Waals surface area contributed by atoms with Crippen LogP contribution in [0.5, 0.6) is 0 Å². The second kappa shape index (κ2) is 9.89. The number of alkyl halides is 1. The summed E-state index contributed by atoms with van der Waals surface area (Å²) in [7, 11) is 0. The molecule has 6 heterocycles. The third-order valence-electron chi connectivity index (χ3n) is 7.81. The highest BCUT2D eigenvalue weighted by molar-refractivity contribution is 7.16. The minimum Gasteiger partial charge on any atom is -0.483 e. The number of dihydropyridines is 1. The summed E-state index contributed by atoms with van der Waals surface area (Å²) in [6.45, 7) is 2.99. The Morgan fingerprint density at radius 2 is 2.25 bits per heavy atom. The fraction of sp³-hybridized carbons (Fsp3) is 0.481. The Hall–Kier alpha value is -3.42. The number of rotatable bonds is 6. The van der Waals surface area contributed by atoms with E-state index in [-0.39, 0.29) is 24.5 Å². The molecular weight excluding hydrogens is 540 g/mol. The molecule has 3 aromatic heterocycles. The summed E-state index contributed by atoms with van der Waals surface area (Å²) in [6.07, 6.45) is 7.96. The maximum Gasteiger partial charge on any atom is 0.265 e. The first-order chi connectivity index (χ1) is 19.4. The zero-order chi connectivity index (χ0) is 27.4. The summed E-state index contributed by atoms with van der Waals surface area (Å²) in [6, 6.07) is 0.669. The van der Waals surface area contributed by atoms with Crippen molar-refractivity contribution in [2.45, 2.75) is 50.0 Å². The number of halogens is 2. The zero-order valence-corrected chi connectivity index (χ0v) is 22.7.